The summed E-state index contributed by atoms with van der Waals surface area (Å²) in [6.07, 6.45) is 0. The fourth-order valence-corrected chi connectivity index (χ4v) is 3.50. The highest BCUT2D eigenvalue weighted by Gasteiger charge is 2.09. The van der Waals surface area contributed by atoms with Crippen LogP contribution in [-0.4, -0.2) is 11.6 Å². The van der Waals surface area contributed by atoms with E-state index in [4.69, 9.17) is 9.72 Å². The summed E-state index contributed by atoms with van der Waals surface area (Å²) >= 11 is 1.75. The van der Waals surface area contributed by atoms with Gasteiger partial charge in [0.2, 0.25) is 0 Å². The van der Waals surface area contributed by atoms with Crippen molar-refractivity contribution in [1.29, 1.82) is 0 Å². The van der Waals surface area contributed by atoms with Crippen molar-refractivity contribution in [3.8, 4) is 16.3 Å². The van der Waals surface area contributed by atoms with Gasteiger partial charge in [-0.05, 0) is 62.2 Å². The average molecular weight is 283 g/mol. The average Bonchev–Trinajstić information content (AvgIpc) is 2.84. The van der Waals surface area contributed by atoms with Gasteiger partial charge >= 0.3 is 0 Å². The van der Waals surface area contributed by atoms with E-state index in [0.717, 1.165) is 21.8 Å². The van der Waals surface area contributed by atoms with E-state index in [-0.39, 0.29) is 0 Å². The first-order valence-electron chi connectivity index (χ1n) is 6.78. The Morgan fingerprint density at radius 2 is 1.85 bits per heavy atom. The summed E-state index contributed by atoms with van der Waals surface area (Å²) in [5, 5.41) is 1.07. The van der Waals surface area contributed by atoms with E-state index in [9.17, 15) is 0 Å². The number of aromatic nitrogens is 1. The van der Waals surface area contributed by atoms with E-state index < -0.39 is 0 Å². The number of fused-ring (bicyclic) bond motifs is 1. The zero-order valence-corrected chi connectivity index (χ0v) is 12.8. The Balaban J connectivity index is 2.03. The molecule has 0 N–H and O–H groups in total. The van der Waals surface area contributed by atoms with Crippen molar-refractivity contribution in [2.24, 2.45) is 0 Å². The maximum Gasteiger partial charge on any atom is 0.124 e. The number of nitrogens with zero attached hydrogens (tertiary/aromatic N) is 1. The summed E-state index contributed by atoms with van der Waals surface area (Å²) in [6, 6.07) is 12.5. The van der Waals surface area contributed by atoms with Crippen LogP contribution in [0.4, 0.5) is 0 Å². The van der Waals surface area contributed by atoms with Gasteiger partial charge in [-0.2, -0.15) is 0 Å². The molecule has 2 aromatic carbocycles. The molecule has 0 saturated carbocycles. The largest absolute Gasteiger partial charge is 0.494 e. The van der Waals surface area contributed by atoms with Crippen LogP contribution in [0.15, 0.2) is 36.4 Å². The second-order valence-corrected chi connectivity index (χ2v) is 5.94. The van der Waals surface area contributed by atoms with Gasteiger partial charge in [0, 0.05) is 5.56 Å². The molecule has 1 heterocycles. The molecule has 0 unspecified atom stereocenters. The Labute approximate surface area is 123 Å². The Bertz CT molecular complexity index is 744. The van der Waals surface area contributed by atoms with E-state index in [1.807, 2.05) is 19.1 Å². The number of hydrogen-bond acceptors (Lipinski definition) is 3. The molecule has 0 aliphatic carbocycles. The topological polar surface area (TPSA) is 22.1 Å². The van der Waals surface area contributed by atoms with Gasteiger partial charge in [0.25, 0.3) is 0 Å². The Morgan fingerprint density at radius 1 is 1.10 bits per heavy atom. The molecule has 3 heteroatoms. The molecule has 0 fully saturated rings. The zero-order valence-electron chi connectivity index (χ0n) is 11.9. The van der Waals surface area contributed by atoms with Crippen LogP contribution in [0.3, 0.4) is 0 Å². The van der Waals surface area contributed by atoms with Crippen molar-refractivity contribution in [1.82, 2.24) is 4.98 Å². The third-order valence-corrected chi connectivity index (χ3v) is 4.29. The lowest BCUT2D eigenvalue weighted by atomic mass is 10.1. The summed E-state index contributed by atoms with van der Waals surface area (Å²) in [5.74, 6) is 0.907. The van der Waals surface area contributed by atoms with Gasteiger partial charge in [0.05, 0.1) is 16.8 Å². The highest BCUT2D eigenvalue weighted by molar-refractivity contribution is 7.21. The van der Waals surface area contributed by atoms with Crippen LogP contribution in [0, 0.1) is 13.8 Å². The molecule has 1 aromatic heterocycles. The van der Waals surface area contributed by atoms with E-state index in [2.05, 4.69) is 38.1 Å². The van der Waals surface area contributed by atoms with Crippen LogP contribution in [0.1, 0.15) is 18.1 Å². The first-order chi connectivity index (χ1) is 9.67. The van der Waals surface area contributed by atoms with Crippen molar-refractivity contribution in [3.05, 3.63) is 47.5 Å². The van der Waals surface area contributed by atoms with Gasteiger partial charge in [-0.15, -0.1) is 11.3 Å². The van der Waals surface area contributed by atoms with Crippen molar-refractivity contribution < 1.29 is 4.74 Å². The van der Waals surface area contributed by atoms with Crippen LogP contribution in [0.25, 0.3) is 20.8 Å². The first kappa shape index (κ1) is 13.1. The number of aryl methyl sites for hydroxylation is 2. The summed E-state index contributed by atoms with van der Waals surface area (Å²) in [6.45, 7) is 6.94. The number of hydrogen-bond donors (Lipinski definition) is 0. The van der Waals surface area contributed by atoms with Crippen LogP contribution in [0.2, 0.25) is 0 Å². The Hall–Kier alpha value is -1.87. The van der Waals surface area contributed by atoms with E-state index in [0.29, 0.717) is 6.61 Å². The molecule has 20 heavy (non-hydrogen) atoms. The molecule has 0 aliphatic rings. The van der Waals surface area contributed by atoms with Gasteiger partial charge in [0.15, 0.2) is 0 Å². The standard InChI is InChI=1S/C17H17NOS/c1-4-19-14-7-5-13(6-8-14)17-18-16-12(3)9-11(2)10-15(16)20-17/h5-10H,4H2,1-3H3. The second-order valence-electron chi connectivity index (χ2n) is 4.90. The smallest absolute Gasteiger partial charge is 0.124 e. The van der Waals surface area contributed by atoms with Crippen LogP contribution >= 0.6 is 11.3 Å². The molecule has 3 rings (SSSR count). The molecule has 0 bridgehead atoms. The summed E-state index contributed by atoms with van der Waals surface area (Å²) < 4.78 is 6.73. The highest BCUT2D eigenvalue weighted by Crippen LogP contribution is 2.33. The van der Waals surface area contributed by atoms with Crippen molar-refractivity contribution >= 4 is 21.6 Å². The predicted molar refractivity (Wildman–Crippen MR) is 85.7 cm³/mol. The molecular weight excluding hydrogens is 266 g/mol. The Kier molecular flexibility index (Phi) is 3.45. The maximum absolute atomic E-state index is 5.47. The van der Waals surface area contributed by atoms with Crippen LogP contribution in [-0.2, 0) is 0 Å². The molecule has 0 saturated heterocycles. The molecule has 3 aromatic rings. The molecular formula is C17H17NOS. The normalized spacial score (nSPS) is 10.9. The minimum absolute atomic E-state index is 0.693. The van der Waals surface area contributed by atoms with E-state index >= 15 is 0 Å². The number of benzene rings is 2. The lowest BCUT2D eigenvalue weighted by molar-refractivity contribution is 0.340. The number of thiazole rings is 1. The lowest BCUT2D eigenvalue weighted by Gasteiger charge is -2.02. The van der Waals surface area contributed by atoms with E-state index in [1.54, 1.807) is 11.3 Å². The molecule has 2 nitrogen and oxygen atoms in total. The SMILES string of the molecule is CCOc1ccc(-c2nc3c(C)cc(C)cc3s2)cc1. The van der Waals surface area contributed by atoms with Gasteiger partial charge < -0.3 is 4.74 Å². The third-order valence-electron chi connectivity index (χ3n) is 3.24. The van der Waals surface area contributed by atoms with Crippen molar-refractivity contribution in [3.63, 3.8) is 0 Å². The number of ether oxygens (including phenoxy) is 1. The maximum atomic E-state index is 5.47. The molecule has 0 spiro atoms. The van der Waals surface area contributed by atoms with Gasteiger partial charge in [-0.25, -0.2) is 4.98 Å². The lowest BCUT2D eigenvalue weighted by Crippen LogP contribution is -1.90. The number of rotatable bonds is 3. The quantitative estimate of drug-likeness (QED) is 0.676. The fourth-order valence-electron chi connectivity index (χ4n) is 2.35. The minimum Gasteiger partial charge on any atom is -0.494 e. The molecule has 102 valence electrons. The van der Waals surface area contributed by atoms with Gasteiger partial charge in [-0.3, -0.25) is 0 Å². The molecule has 0 aliphatic heterocycles. The van der Waals surface area contributed by atoms with Gasteiger partial charge in [-0.1, -0.05) is 6.07 Å². The first-order valence-corrected chi connectivity index (χ1v) is 7.60. The Morgan fingerprint density at radius 3 is 2.55 bits per heavy atom. The second kappa shape index (κ2) is 5.25. The summed E-state index contributed by atoms with van der Waals surface area (Å²) in [5.41, 5.74) is 4.79. The van der Waals surface area contributed by atoms with Crippen molar-refractivity contribution in [2.75, 3.05) is 6.61 Å². The zero-order chi connectivity index (χ0) is 14.1. The fraction of sp³-hybridized carbons (Fsp3) is 0.235. The predicted octanol–water partition coefficient (Wildman–Crippen LogP) is 4.98. The minimum atomic E-state index is 0.693. The van der Waals surface area contributed by atoms with E-state index in [1.165, 1.54) is 15.8 Å². The van der Waals surface area contributed by atoms with Crippen LogP contribution < -0.4 is 4.74 Å². The summed E-state index contributed by atoms with van der Waals surface area (Å²) in [4.78, 5) is 4.78. The summed E-state index contributed by atoms with van der Waals surface area (Å²) in [7, 11) is 0. The molecule has 0 radical (unpaired) electrons. The molecule has 0 atom stereocenters. The monoisotopic (exact) mass is 283 g/mol. The van der Waals surface area contributed by atoms with Gasteiger partial charge in [0.1, 0.15) is 10.8 Å². The molecule has 0 amide bonds. The highest BCUT2D eigenvalue weighted by atomic mass is 32.1. The third kappa shape index (κ3) is 2.41. The van der Waals surface area contributed by atoms with Crippen LogP contribution in [0.5, 0.6) is 5.75 Å². The van der Waals surface area contributed by atoms with Crippen molar-refractivity contribution in [2.45, 2.75) is 20.8 Å².